The third-order valence-electron chi connectivity index (χ3n) is 1.68. The summed E-state index contributed by atoms with van der Waals surface area (Å²) in [6, 6.07) is 7.63. The van der Waals surface area contributed by atoms with Crippen molar-refractivity contribution in [2.45, 2.75) is 0 Å². The minimum absolute atomic E-state index is 0. The highest BCUT2D eigenvalue weighted by molar-refractivity contribution is 7.05. The van der Waals surface area contributed by atoms with Gasteiger partial charge in [-0.05, 0) is 23.7 Å². The fourth-order valence-electron chi connectivity index (χ4n) is 1.14. The van der Waals surface area contributed by atoms with Crippen LogP contribution in [-0.2, 0) is 7.05 Å². The van der Waals surface area contributed by atoms with Crippen molar-refractivity contribution in [3.8, 4) is 0 Å². The van der Waals surface area contributed by atoms with Gasteiger partial charge in [-0.15, -0.1) is 12.4 Å². The van der Waals surface area contributed by atoms with E-state index >= 15 is 0 Å². The summed E-state index contributed by atoms with van der Waals surface area (Å²) in [5.41, 5.74) is 1.02. The molecule has 64 valence electrons. The molecule has 0 aliphatic rings. The fourth-order valence-corrected chi connectivity index (χ4v) is 1.92. The molecule has 0 aliphatic carbocycles. The Morgan fingerprint density at radius 2 is 2.00 bits per heavy atom. The van der Waals surface area contributed by atoms with E-state index in [0.29, 0.717) is 0 Å². The molecule has 2 rings (SSSR count). The topological polar surface area (TPSA) is 22.0 Å². The first-order chi connectivity index (χ1) is 5.29. The Bertz CT molecular complexity index is 445. The molecule has 0 fully saturated rings. The van der Waals surface area contributed by atoms with Crippen molar-refractivity contribution in [2.24, 2.45) is 7.05 Å². The summed E-state index contributed by atoms with van der Waals surface area (Å²) in [6.45, 7) is 0. The van der Waals surface area contributed by atoms with Crippen LogP contribution in [0.3, 0.4) is 0 Å². The lowest BCUT2D eigenvalue weighted by Crippen LogP contribution is -1.85. The second kappa shape index (κ2) is 3.29. The highest BCUT2D eigenvalue weighted by Gasteiger charge is 2.01. The van der Waals surface area contributed by atoms with E-state index in [1.165, 1.54) is 11.5 Å². The first-order valence-corrected chi connectivity index (χ1v) is 4.11. The van der Waals surface area contributed by atoms with Crippen LogP contribution in [0, 0.1) is 0 Å². The van der Waals surface area contributed by atoms with Gasteiger partial charge in [0.05, 0.1) is 10.9 Å². The SMILES string of the molecule is Cl.Cn1sc(=O)c2ccccc21. The van der Waals surface area contributed by atoms with Crippen LogP contribution < -0.4 is 4.74 Å². The fraction of sp³-hybridized carbons (Fsp3) is 0.125. The van der Waals surface area contributed by atoms with E-state index in [1.807, 2.05) is 35.3 Å². The Morgan fingerprint density at radius 3 is 2.67 bits per heavy atom. The van der Waals surface area contributed by atoms with Gasteiger partial charge in [-0.2, -0.15) is 0 Å². The third kappa shape index (κ3) is 1.26. The van der Waals surface area contributed by atoms with E-state index in [4.69, 9.17) is 0 Å². The first-order valence-electron chi connectivity index (χ1n) is 3.34. The Labute approximate surface area is 80.0 Å². The number of benzene rings is 1. The summed E-state index contributed by atoms with van der Waals surface area (Å²) < 4.78 is 2.03. The predicted octanol–water partition coefficient (Wildman–Crippen LogP) is 2.02. The number of hydrogen-bond acceptors (Lipinski definition) is 2. The van der Waals surface area contributed by atoms with Gasteiger partial charge in [0.15, 0.2) is 0 Å². The molecule has 0 spiro atoms. The van der Waals surface area contributed by atoms with Crippen LogP contribution in [-0.4, -0.2) is 3.96 Å². The van der Waals surface area contributed by atoms with Gasteiger partial charge >= 0.3 is 0 Å². The first kappa shape index (κ1) is 9.29. The van der Waals surface area contributed by atoms with Crippen molar-refractivity contribution in [1.82, 2.24) is 3.96 Å². The van der Waals surface area contributed by atoms with Gasteiger partial charge in [-0.1, -0.05) is 12.1 Å². The van der Waals surface area contributed by atoms with Crippen molar-refractivity contribution in [1.29, 1.82) is 0 Å². The average molecular weight is 202 g/mol. The molecule has 1 aromatic carbocycles. The average Bonchev–Trinajstić information content (AvgIpc) is 2.30. The van der Waals surface area contributed by atoms with Gasteiger partial charge in [0, 0.05) is 7.05 Å². The van der Waals surface area contributed by atoms with Crippen molar-refractivity contribution < 1.29 is 0 Å². The second-order valence-corrected chi connectivity index (χ2v) is 3.49. The lowest BCUT2D eigenvalue weighted by Gasteiger charge is -1.89. The number of aromatic nitrogens is 1. The Balaban J connectivity index is 0.000000720. The molecule has 2 nitrogen and oxygen atoms in total. The molecular weight excluding hydrogens is 194 g/mol. The molecule has 0 N–H and O–H groups in total. The van der Waals surface area contributed by atoms with Crippen molar-refractivity contribution in [3.05, 3.63) is 33.8 Å². The maximum atomic E-state index is 11.2. The van der Waals surface area contributed by atoms with Crippen molar-refractivity contribution in [3.63, 3.8) is 0 Å². The van der Waals surface area contributed by atoms with Crippen molar-refractivity contribution >= 4 is 34.8 Å². The molecular formula is C8H8ClNOS. The molecule has 0 atom stereocenters. The second-order valence-electron chi connectivity index (χ2n) is 2.39. The molecule has 4 heteroatoms. The number of halogens is 1. The minimum Gasteiger partial charge on any atom is -0.297 e. The van der Waals surface area contributed by atoms with Crippen LogP contribution in [0.25, 0.3) is 10.9 Å². The maximum absolute atomic E-state index is 11.2. The zero-order valence-corrected chi connectivity index (χ0v) is 8.11. The largest absolute Gasteiger partial charge is 0.297 e. The summed E-state index contributed by atoms with van der Waals surface area (Å²) in [5.74, 6) is 0. The summed E-state index contributed by atoms with van der Waals surface area (Å²) in [6.07, 6.45) is 0. The standard InChI is InChI=1S/C8H7NOS.ClH/c1-9-7-5-3-2-4-6(7)8(10)11-9;/h2-5H,1H3;1H. The van der Waals surface area contributed by atoms with Gasteiger partial charge in [0.2, 0.25) is 0 Å². The van der Waals surface area contributed by atoms with Gasteiger partial charge in [-0.25, -0.2) is 0 Å². The lowest BCUT2D eigenvalue weighted by atomic mass is 10.3. The Kier molecular flexibility index (Phi) is 2.55. The smallest absolute Gasteiger partial charge is 0.257 e. The molecule has 0 unspecified atom stereocenters. The number of nitrogens with zero attached hydrogens (tertiary/aromatic N) is 1. The molecule has 1 heterocycles. The highest BCUT2D eigenvalue weighted by Crippen LogP contribution is 2.10. The van der Waals surface area contributed by atoms with E-state index in [-0.39, 0.29) is 17.1 Å². The van der Waals surface area contributed by atoms with Gasteiger partial charge < -0.3 is 0 Å². The molecule has 0 saturated carbocycles. The number of fused-ring (bicyclic) bond motifs is 1. The van der Waals surface area contributed by atoms with E-state index in [9.17, 15) is 4.79 Å². The van der Waals surface area contributed by atoms with E-state index in [1.54, 1.807) is 0 Å². The summed E-state index contributed by atoms with van der Waals surface area (Å²) in [7, 11) is 1.90. The van der Waals surface area contributed by atoms with Crippen LogP contribution in [0.2, 0.25) is 0 Å². The van der Waals surface area contributed by atoms with Gasteiger partial charge in [0.25, 0.3) is 4.74 Å². The maximum Gasteiger partial charge on any atom is 0.257 e. The zero-order chi connectivity index (χ0) is 7.84. The number of para-hydroxylation sites is 1. The molecule has 12 heavy (non-hydrogen) atoms. The number of aryl methyl sites for hydroxylation is 1. The molecule has 2 aromatic rings. The van der Waals surface area contributed by atoms with E-state index in [2.05, 4.69) is 0 Å². The molecule has 0 aliphatic heterocycles. The molecule has 0 saturated heterocycles. The van der Waals surface area contributed by atoms with Crippen LogP contribution in [0.1, 0.15) is 0 Å². The highest BCUT2D eigenvalue weighted by atomic mass is 35.5. The minimum atomic E-state index is 0. The molecule has 0 amide bonds. The Hall–Kier alpha value is -0.800. The summed E-state index contributed by atoms with van der Waals surface area (Å²) in [5, 5.41) is 0.819. The van der Waals surface area contributed by atoms with Gasteiger partial charge in [-0.3, -0.25) is 8.75 Å². The third-order valence-corrected chi connectivity index (χ3v) is 2.54. The van der Waals surface area contributed by atoms with Crippen LogP contribution in [0.5, 0.6) is 0 Å². The van der Waals surface area contributed by atoms with Gasteiger partial charge in [0.1, 0.15) is 0 Å². The molecule has 0 radical (unpaired) electrons. The van der Waals surface area contributed by atoms with Crippen molar-refractivity contribution in [2.75, 3.05) is 0 Å². The Morgan fingerprint density at radius 1 is 1.33 bits per heavy atom. The summed E-state index contributed by atoms with van der Waals surface area (Å²) >= 11 is 1.24. The normalized spacial score (nSPS) is 9.75. The summed E-state index contributed by atoms with van der Waals surface area (Å²) in [4.78, 5) is 11.2. The quantitative estimate of drug-likeness (QED) is 0.639. The number of rotatable bonds is 0. The molecule has 1 aromatic heterocycles. The van der Waals surface area contributed by atoms with Crippen LogP contribution in [0.4, 0.5) is 0 Å². The zero-order valence-electron chi connectivity index (χ0n) is 6.48. The predicted molar refractivity (Wildman–Crippen MR) is 54.3 cm³/mol. The monoisotopic (exact) mass is 201 g/mol. The molecule has 0 bridgehead atoms. The van der Waals surface area contributed by atoms with E-state index in [0.717, 1.165) is 10.9 Å². The van der Waals surface area contributed by atoms with Crippen LogP contribution in [0.15, 0.2) is 29.1 Å². The van der Waals surface area contributed by atoms with E-state index < -0.39 is 0 Å². The lowest BCUT2D eigenvalue weighted by molar-refractivity contribution is 1.08. The number of hydrogen-bond donors (Lipinski definition) is 0. The van der Waals surface area contributed by atoms with Crippen LogP contribution >= 0.6 is 23.9 Å².